The van der Waals surface area contributed by atoms with E-state index < -0.39 is 0 Å². The lowest BCUT2D eigenvalue weighted by molar-refractivity contribution is 0.113. The molecule has 0 aromatic carbocycles. The summed E-state index contributed by atoms with van der Waals surface area (Å²) in [6.07, 6.45) is 3.25. The average molecular weight is 267 g/mol. The van der Waals surface area contributed by atoms with Crippen molar-refractivity contribution in [2.75, 3.05) is 0 Å². The largest absolute Gasteiger partial charge is 0.0878 e. The van der Waals surface area contributed by atoms with Crippen LogP contribution in [-0.2, 0) is 0 Å². The highest BCUT2D eigenvalue weighted by Gasteiger charge is 2.35. The van der Waals surface area contributed by atoms with Crippen molar-refractivity contribution in [2.24, 2.45) is 21.4 Å². The van der Waals surface area contributed by atoms with Crippen LogP contribution in [0, 0.1) is 16.2 Å². The van der Waals surface area contributed by atoms with Crippen molar-refractivity contribution in [2.45, 2.75) is 87.1 Å². The van der Waals surface area contributed by atoms with Crippen molar-refractivity contribution in [3.63, 3.8) is 0 Å². The van der Waals surface area contributed by atoms with Gasteiger partial charge >= 0.3 is 0 Å². The van der Waals surface area contributed by atoms with Crippen LogP contribution in [-0.4, -0.2) is 5.54 Å². The molecule has 0 rings (SSSR count). The standard InChI is InChI=1S/C16H33N3/c1-13(2,3)10-14(4,5)11-15(6,7)12-16(8,9)18-19-17/h10-12H2,1-9H3. The van der Waals surface area contributed by atoms with Gasteiger partial charge < -0.3 is 0 Å². The molecular weight excluding hydrogens is 234 g/mol. The molecule has 0 heterocycles. The fraction of sp³-hybridized carbons (Fsp3) is 1.00. The minimum Gasteiger partial charge on any atom is -0.0878 e. The molecule has 3 nitrogen and oxygen atoms in total. The molecule has 0 aromatic heterocycles. The smallest absolute Gasteiger partial charge is 0.0437 e. The zero-order valence-corrected chi connectivity index (χ0v) is 14.5. The summed E-state index contributed by atoms with van der Waals surface area (Å²) in [5.74, 6) is 0. The first-order chi connectivity index (χ1) is 8.18. The molecule has 0 saturated carbocycles. The quantitative estimate of drug-likeness (QED) is 0.306. The highest BCUT2D eigenvalue weighted by molar-refractivity contribution is 4.89. The Hall–Kier alpha value is -0.690. The Balaban J connectivity index is 4.81. The van der Waals surface area contributed by atoms with Gasteiger partial charge in [-0.25, -0.2) is 0 Å². The van der Waals surface area contributed by atoms with Crippen LogP contribution in [0.1, 0.15) is 81.6 Å². The molecule has 0 bridgehead atoms. The van der Waals surface area contributed by atoms with E-state index in [-0.39, 0.29) is 11.0 Å². The molecular formula is C16H33N3. The highest BCUT2D eigenvalue weighted by Crippen LogP contribution is 2.45. The summed E-state index contributed by atoms with van der Waals surface area (Å²) >= 11 is 0. The van der Waals surface area contributed by atoms with Crippen molar-refractivity contribution in [3.05, 3.63) is 10.4 Å². The van der Waals surface area contributed by atoms with Gasteiger partial charge in [0.2, 0.25) is 0 Å². The zero-order chi connectivity index (χ0) is 15.5. The van der Waals surface area contributed by atoms with Crippen LogP contribution in [0.25, 0.3) is 10.4 Å². The van der Waals surface area contributed by atoms with Gasteiger partial charge in [-0.3, -0.25) is 0 Å². The van der Waals surface area contributed by atoms with Gasteiger partial charge in [-0.15, -0.1) is 0 Å². The van der Waals surface area contributed by atoms with E-state index in [2.05, 4.69) is 58.5 Å². The van der Waals surface area contributed by atoms with E-state index in [0.29, 0.717) is 10.8 Å². The number of azide groups is 1. The lowest BCUT2D eigenvalue weighted by atomic mass is 9.65. The fourth-order valence-corrected chi connectivity index (χ4v) is 4.18. The van der Waals surface area contributed by atoms with Crippen LogP contribution in [0.15, 0.2) is 5.11 Å². The van der Waals surface area contributed by atoms with Crippen molar-refractivity contribution < 1.29 is 0 Å². The highest BCUT2D eigenvalue weighted by atomic mass is 15.2. The van der Waals surface area contributed by atoms with Crippen LogP contribution in [0.2, 0.25) is 0 Å². The monoisotopic (exact) mass is 267 g/mol. The van der Waals surface area contributed by atoms with Crippen LogP contribution < -0.4 is 0 Å². The van der Waals surface area contributed by atoms with Gasteiger partial charge in [0.05, 0.1) is 0 Å². The van der Waals surface area contributed by atoms with Crippen molar-refractivity contribution >= 4 is 0 Å². The van der Waals surface area contributed by atoms with Gasteiger partial charge in [0.1, 0.15) is 0 Å². The summed E-state index contributed by atoms with van der Waals surface area (Å²) in [6, 6.07) is 0. The average Bonchev–Trinajstić information content (AvgIpc) is 1.90. The van der Waals surface area contributed by atoms with E-state index >= 15 is 0 Å². The third-order valence-electron chi connectivity index (χ3n) is 3.19. The topological polar surface area (TPSA) is 48.8 Å². The first-order valence-corrected chi connectivity index (χ1v) is 7.24. The molecule has 0 aromatic rings. The Morgan fingerprint density at radius 2 is 1.16 bits per heavy atom. The number of hydrogen-bond donors (Lipinski definition) is 0. The van der Waals surface area contributed by atoms with Crippen LogP contribution in [0.5, 0.6) is 0 Å². The minimum absolute atomic E-state index is 0.173. The van der Waals surface area contributed by atoms with Crippen molar-refractivity contribution in [1.29, 1.82) is 0 Å². The van der Waals surface area contributed by atoms with E-state index in [4.69, 9.17) is 5.53 Å². The molecule has 0 aliphatic carbocycles. The molecule has 0 N–H and O–H groups in total. The lowest BCUT2D eigenvalue weighted by Gasteiger charge is -2.41. The van der Waals surface area contributed by atoms with E-state index in [0.717, 1.165) is 12.8 Å². The third-order valence-corrected chi connectivity index (χ3v) is 3.19. The van der Waals surface area contributed by atoms with Gasteiger partial charge in [0, 0.05) is 10.5 Å². The zero-order valence-electron chi connectivity index (χ0n) is 14.5. The molecule has 0 aliphatic rings. The second kappa shape index (κ2) is 5.75. The summed E-state index contributed by atoms with van der Waals surface area (Å²) in [7, 11) is 0. The van der Waals surface area contributed by atoms with Gasteiger partial charge in [-0.1, -0.05) is 67.4 Å². The van der Waals surface area contributed by atoms with E-state index in [1.165, 1.54) is 6.42 Å². The SMILES string of the molecule is CC(C)(C)CC(C)(C)CC(C)(C)CC(C)(C)N=[N+]=[N-]. The Morgan fingerprint density at radius 3 is 1.53 bits per heavy atom. The van der Waals surface area contributed by atoms with Crippen LogP contribution in [0.4, 0.5) is 0 Å². The summed E-state index contributed by atoms with van der Waals surface area (Å²) < 4.78 is 0. The van der Waals surface area contributed by atoms with Crippen molar-refractivity contribution in [3.8, 4) is 0 Å². The Bertz CT molecular complexity index is 339. The number of nitrogens with zero attached hydrogens (tertiary/aromatic N) is 3. The number of rotatable bonds is 6. The van der Waals surface area contributed by atoms with Gasteiger partial charge in [-0.2, -0.15) is 0 Å². The molecule has 0 spiro atoms. The first-order valence-electron chi connectivity index (χ1n) is 7.24. The van der Waals surface area contributed by atoms with E-state index in [1.807, 2.05) is 13.8 Å². The van der Waals surface area contributed by atoms with E-state index in [1.54, 1.807) is 0 Å². The summed E-state index contributed by atoms with van der Waals surface area (Å²) in [5.41, 5.74) is 9.15. The van der Waals surface area contributed by atoms with Gasteiger partial charge in [0.25, 0.3) is 0 Å². The molecule has 19 heavy (non-hydrogen) atoms. The second-order valence-electron chi connectivity index (χ2n) is 9.42. The molecule has 0 amide bonds. The second-order valence-corrected chi connectivity index (χ2v) is 9.42. The number of hydrogen-bond acceptors (Lipinski definition) is 1. The van der Waals surface area contributed by atoms with Gasteiger partial charge in [0.15, 0.2) is 0 Å². The molecule has 0 aliphatic heterocycles. The van der Waals surface area contributed by atoms with Crippen LogP contribution >= 0.6 is 0 Å². The first kappa shape index (κ1) is 18.3. The predicted octanol–water partition coefficient (Wildman–Crippen LogP) is 6.34. The maximum absolute atomic E-state index is 8.64. The summed E-state index contributed by atoms with van der Waals surface area (Å²) in [6.45, 7) is 20.2. The van der Waals surface area contributed by atoms with Gasteiger partial charge in [-0.05, 0) is 41.0 Å². The maximum Gasteiger partial charge on any atom is 0.0437 e. The molecule has 0 radical (unpaired) electrons. The Kier molecular flexibility index (Phi) is 5.54. The van der Waals surface area contributed by atoms with Crippen molar-refractivity contribution in [1.82, 2.24) is 0 Å². The Labute approximate surface area is 119 Å². The normalized spacial score (nSPS) is 14.2. The Morgan fingerprint density at radius 1 is 0.737 bits per heavy atom. The lowest BCUT2D eigenvalue weighted by Crippen LogP contribution is -2.32. The van der Waals surface area contributed by atoms with E-state index in [9.17, 15) is 0 Å². The molecule has 0 unspecified atom stereocenters. The van der Waals surface area contributed by atoms with Crippen LogP contribution in [0.3, 0.4) is 0 Å². The molecule has 3 heteroatoms. The summed E-state index contributed by atoms with van der Waals surface area (Å²) in [5, 5.41) is 3.93. The molecule has 112 valence electrons. The molecule has 0 atom stereocenters. The summed E-state index contributed by atoms with van der Waals surface area (Å²) in [4.78, 5) is 2.97. The molecule has 0 fully saturated rings. The third kappa shape index (κ3) is 8.93. The maximum atomic E-state index is 8.64. The minimum atomic E-state index is -0.309. The molecule has 0 saturated heterocycles. The predicted molar refractivity (Wildman–Crippen MR) is 84.1 cm³/mol. The fourth-order valence-electron chi connectivity index (χ4n) is 4.18.